The van der Waals surface area contributed by atoms with Crippen molar-refractivity contribution in [1.82, 2.24) is 4.90 Å². The first-order valence-corrected chi connectivity index (χ1v) is 16.3. The number of anilines is 2. The van der Waals surface area contributed by atoms with Crippen LogP contribution in [0.2, 0.25) is 0 Å². The van der Waals surface area contributed by atoms with Crippen LogP contribution in [-0.4, -0.2) is 64.3 Å². The first-order valence-electron chi connectivity index (χ1n) is 14.7. The standard InChI is InChI=1S/C33H40N4O8S/c1-19(2)46(41,42)29-14-12-23(35-33(40)45-6)18-24(29)26-8-7-15-37(26)32(39)30(21-11-13-27(43-4)28(17-21)44-5)36-25-16-22(31(34)38)10-9-20(25)3/h9-14,16-19,26,30,36H,7-8,15H2,1-6H3,(H2,34,38)(H,35,40)/t26-,30+/m1/s1. The summed E-state index contributed by atoms with van der Waals surface area (Å²) in [5.41, 5.74) is 8.39. The van der Waals surface area contributed by atoms with E-state index in [0.29, 0.717) is 53.4 Å². The molecule has 0 spiro atoms. The molecule has 1 aliphatic heterocycles. The fraction of sp³-hybridized carbons (Fsp3) is 0.364. The quantitative estimate of drug-likeness (QED) is 0.259. The predicted molar refractivity (Wildman–Crippen MR) is 174 cm³/mol. The van der Waals surface area contributed by atoms with Gasteiger partial charge in [0.1, 0.15) is 6.04 Å². The van der Waals surface area contributed by atoms with Crippen LogP contribution in [0, 0.1) is 6.92 Å². The molecule has 1 saturated heterocycles. The number of rotatable bonds is 11. The molecular formula is C33H40N4O8S. The van der Waals surface area contributed by atoms with Crippen LogP contribution >= 0.6 is 0 Å². The van der Waals surface area contributed by atoms with Gasteiger partial charge in [-0.25, -0.2) is 13.2 Å². The van der Waals surface area contributed by atoms with Crippen LogP contribution in [0.1, 0.15) is 65.8 Å². The molecule has 1 fully saturated rings. The Kier molecular flexibility index (Phi) is 10.5. The zero-order valence-electron chi connectivity index (χ0n) is 26.7. The molecule has 246 valence electrons. The average molecular weight is 653 g/mol. The van der Waals surface area contributed by atoms with Gasteiger partial charge in [0.2, 0.25) is 11.8 Å². The van der Waals surface area contributed by atoms with Crippen LogP contribution in [0.15, 0.2) is 59.5 Å². The molecule has 12 nitrogen and oxygen atoms in total. The summed E-state index contributed by atoms with van der Waals surface area (Å²) >= 11 is 0. The van der Waals surface area contributed by atoms with Crippen molar-refractivity contribution in [2.24, 2.45) is 5.73 Å². The molecule has 46 heavy (non-hydrogen) atoms. The van der Waals surface area contributed by atoms with Crippen LogP contribution in [0.3, 0.4) is 0 Å². The highest BCUT2D eigenvalue weighted by molar-refractivity contribution is 7.92. The lowest BCUT2D eigenvalue weighted by Crippen LogP contribution is -2.38. The third-order valence-corrected chi connectivity index (χ3v) is 10.3. The smallest absolute Gasteiger partial charge is 0.411 e. The summed E-state index contributed by atoms with van der Waals surface area (Å²) in [4.78, 5) is 40.4. The van der Waals surface area contributed by atoms with E-state index < -0.39 is 39.2 Å². The Morgan fingerprint density at radius 1 is 0.957 bits per heavy atom. The van der Waals surface area contributed by atoms with E-state index in [1.165, 1.54) is 33.5 Å². The molecule has 0 aliphatic carbocycles. The van der Waals surface area contributed by atoms with E-state index in [1.807, 2.05) is 6.92 Å². The molecule has 3 aromatic rings. The second-order valence-electron chi connectivity index (χ2n) is 11.2. The van der Waals surface area contributed by atoms with Gasteiger partial charge < -0.3 is 30.2 Å². The number of sulfone groups is 1. The number of nitrogens with two attached hydrogens (primary N) is 1. The summed E-state index contributed by atoms with van der Waals surface area (Å²) in [6.45, 7) is 5.38. The molecule has 0 bridgehead atoms. The summed E-state index contributed by atoms with van der Waals surface area (Å²) < 4.78 is 42.7. The largest absolute Gasteiger partial charge is 0.493 e. The fourth-order valence-corrected chi connectivity index (χ4v) is 6.78. The van der Waals surface area contributed by atoms with E-state index in [9.17, 15) is 22.8 Å². The van der Waals surface area contributed by atoms with Crippen molar-refractivity contribution in [2.45, 2.75) is 55.8 Å². The lowest BCUT2D eigenvalue weighted by atomic mass is 10.00. The molecule has 0 saturated carbocycles. The molecular weight excluding hydrogens is 612 g/mol. The van der Waals surface area contributed by atoms with Crippen molar-refractivity contribution in [3.8, 4) is 11.5 Å². The molecule has 0 radical (unpaired) electrons. The van der Waals surface area contributed by atoms with Crippen molar-refractivity contribution >= 4 is 39.1 Å². The molecule has 1 aliphatic rings. The van der Waals surface area contributed by atoms with Gasteiger partial charge >= 0.3 is 6.09 Å². The number of nitrogens with one attached hydrogen (secondary N) is 2. The first kappa shape index (κ1) is 34.1. The number of aryl methyl sites for hydroxylation is 1. The van der Waals surface area contributed by atoms with Crippen molar-refractivity contribution < 1.29 is 37.0 Å². The molecule has 0 aromatic heterocycles. The summed E-state index contributed by atoms with van der Waals surface area (Å²) in [5.74, 6) is -0.0669. The van der Waals surface area contributed by atoms with Crippen molar-refractivity contribution in [2.75, 3.05) is 38.5 Å². The molecule has 3 amide bonds. The van der Waals surface area contributed by atoms with Crippen LogP contribution in [0.4, 0.5) is 16.2 Å². The minimum atomic E-state index is -3.77. The zero-order chi connectivity index (χ0) is 33.8. The third kappa shape index (κ3) is 7.04. The Hall–Kier alpha value is -4.78. The minimum absolute atomic E-state index is 0.0863. The fourth-order valence-electron chi connectivity index (χ4n) is 5.49. The molecule has 2 atom stereocenters. The van der Waals surface area contributed by atoms with Crippen molar-refractivity contribution in [1.29, 1.82) is 0 Å². The molecule has 3 aromatic carbocycles. The Morgan fingerprint density at radius 3 is 2.30 bits per heavy atom. The molecule has 1 heterocycles. The molecule has 13 heteroatoms. The highest BCUT2D eigenvalue weighted by Crippen LogP contribution is 2.41. The number of ether oxygens (including phenoxy) is 3. The Bertz CT molecular complexity index is 1740. The van der Waals surface area contributed by atoms with Crippen LogP contribution in [0.25, 0.3) is 0 Å². The second kappa shape index (κ2) is 14.1. The number of hydrogen-bond acceptors (Lipinski definition) is 9. The number of benzene rings is 3. The maximum absolute atomic E-state index is 14.7. The number of hydrogen-bond donors (Lipinski definition) is 3. The number of methoxy groups -OCH3 is 3. The zero-order valence-corrected chi connectivity index (χ0v) is 27.6. The normalized spacial score (nSPS) is 15.3. The summed E-state index contributed by atoms with van der Waals surface area (Å²) in [6.07, 6.45) is 0.389. The highest BCUT2D eigenvalue weighted by Gasteiger charge is 2.38. The predicted octanol–water partition coefficient (Wildman–Crippen LogP) is 4.99. The number of primary amides is 1. The summed E-state index contributed by atoms with van der Waals surface area (Å²) in [6, 6.07) is 13.0. The Balaban J connectivity index is 1.85. The average Bonchev–Trinajstić information content (AvgIpc) is 3.53. The van der Waals surface area contributed by atoms with Crippen LogP contribution < -0.4 is 25.8 Å². The van der Waals surface area contributed by atoms with E-state index in [-0.39, 0.29) is 16.4 Å². The monoisotopic (exact) mass is 652 g/mol. The minimum Gasteiger partial charge on any atom is -0.493 e. The van der Waals surface area contributed by atoms with Gasteiger partial charge in [-0.1, -0.05) is 12.1 Å². The lowest BCUT2D eigenvalue weighted by Gasteiger charge is -2.32. The summed E-state index contributed by atoms with van der Waals surface area (Å²) in [7, 11) is 0.463. The van der Waals surface area contributed by atoms with Gasteiger partial charge in [-0.05, 0) is 92.8 Å². The molecule has 0 unspecified atom stereocenters. The van der Waals surface area contributed by atoms with Gasteiger partial charge in [0.25, 0.3) is 0 Å². The first-order chi connectivity index (χ1) is 21.8. The highest BCUT2D eigenvalue weighted by atomic mass is 32.2. The van der Waals surface area contributed by atoms with Gasteiger partial charge in [0.05, 0.1) is 37.5 Å². The Labute approximate surface area is 269 Å². The number of nitrogens with zero attached hydrogens (tertiary/aromatic N) is 1. The second-order valence-corrected chi connectivity index (χ2v) is 13.7. The SMILES string of the molecule is COC(=O)Nc1ccc(S(=O)(=O)C(C)C)c([C@H]2CCCN2C(=O)[C@@H](Nc2cc(C(N)=O)ccc2C)c2ccc(OC)c(OC)c2)c1. The number of likely N-dealkylation sites (tertiary alicyclic amines) is 1. The van der Waals surface area contributed by atoms with Gasteiger partial charge in [0.15, 0.2) is 21.3 Å². The topological polar surface area (TPSA) is 166 Å². The van der Waals surface area contributed by atoms with Gasteiger partial charge in [0, 0.05) is 23.5 Å². The van der Waals surface area contributed by atoms with E-state index in [0.717, 1.165) is 5.56 Å². The third-order valence-electron chi connectivity index (χ3n) is 8.07. The number of carbonyl (C=O) groups is 3. The Morgan fingerprint density at radius 2 is 1.67 bits per heavy atom. The summed E-state index contributed by atoms with van der Waals surface area (Å²) in [5, 5.41) is 5.19. The van der Waals surface area contributed by atoms with Gasteiger partial charge in [-0.2, -0.15) is 0 Å². The number of amides is 3. The number of carbonyl (C=O) groups excluding carboxylic acids is 3. The van der Waals surface area contributed by atoms with E-state index in [2.05, 4.69) is 10.6 Å². The van der Waals surface area contributed by atoms with Crippen molar-refractivity contribution in [3.05, 3.63) is 76.9 Å². The van der Waals surface area contributed by atoms with Crippen molar-refractivity contribution in [3.63, 3.8) is 0 Å². The van der Waals surface area contributed by atoms with E-state index in [1.54, 1.807) is 61.2 Å². The maximum Gasteiger partial charge on any atom is 0.411 e. The van der Waals surface area contributed by atoms with E-state index in [4.69, 9.17) is 19.9 Å². The van der Waals surface area contributed by atoms with Gasteiger partial charge in [-0.3, -0.25) is 14.9 Å². The van der Waals surface area contributed by atoms with E-state index >= 15 is 0 Å². The molecule has 4 rings (SSSR count). The lowest BCUT2D eigenvalue weighted by molar-refractivity contribution is -0.133. The van der Waals surface area contributed by atoms with Crippen LogP contribution in [-0.2, 0) is 19.4 Å². The maximum atomic E-state index is 14.7. The van der Waals surface area contributed by atoms with Gasteiger partial charge in [-0.15, -0.1) is 0 Å². The van der Waals surface area contributed by atoms with Crippen LogP contribution in [0.5, 0.6) is 11.5 Å². The molecule has 4 N–H and O–H groups in total.